The van der Waals surface area contributed by atoms with Crippen LogP contribution in [-0.4, -0.2) is 58.0 Å². The van der Waals surface area contributed by atoms with E-state index in [-0.39, 0.29) is 34.3 Å². The van der Waals surface area contributed by atoms with Crippen LogP contribution >= 0.6 is 0 Å². The Balaban J connectivity index is 1.19. The summed E-state index contributed by atoms with van der Waals surface area (Å²) >= 11 is 0. The maximum atomic E-state index is 13.1. The maximum Gasteiger partial charge on any atom is 0.254 e. The first-order chi connectivity index (χ1) is 13.9. The van der Waals surface area contributed by atoms with Crippen molar-refractivity contribution in [2.45, 2.75) is 44.9 Å². The Labute approximate surface area is 171 Å². The Bertz CT molecular complexity index is 773. The molecule has 5 aliphatic rings. The second-order valence-electron chi connectivity index (χ2n) is 10.0. The van der Waals surface area contributed by atoms with Crippen LogP contribution in [0, 0.1) is 23.2 Å². The van der Waals surface area contributed by atoms with Crippen LogP contribution < -0.4 is 0 Å². The molecule has 0 radical (unpaired) electrons. The first-order valence-corrected chi connectivity index (χ1v) is 11.0. The van der Waals surface area contributed by atoms with Crippen molar-refractivity contribution in [1.82, 2.24) is 9.80 Å². The van der Waals surface area contributed by atoms with Crippen molar-refractivity contribution in [3.63, 3.8) is 0 Å². The number of hydrogen-bond acceptors (Lipinski definition) is 4. The predicted octanol–water partition coefficient (Wildman–Crippen LogP) is 2.99. The summed E-state index contributed by atoms with van der Waals surface area (Å²) in [5.41, 5.74) is 0.522. The minimum absolute atomic E-state index is 0.127. The molecule has 2 N–H and O–H groups in total. The lowest BCUT2D eigenvalue weighted by atomic mass is 9.49. The summed E-state index contributed by atoms with van der Waals surface area (Å²) in [6.45, 7) is 2.09. The Hall–Kier alpha value is -2.24. The van der Waals surface area contributed by atoms with Gasteiger partial charge in [-0.15, -0.1) is 0 Å². The van der Waals surface area contributed by atoms with Gasteiger partial charge in [-0.1, -0.05) is 0 Å². The summed E-state index contributed by atoms with van der Waals surface area (Å²) in [7, 11) is 0. The van der Waals surface area contributed by atoms with Gasteiger partial charge in [0, 0.05) is 44.2 Å². The fourth-order valence-electron chi connectivity index (χ4n) is 7.00. The van der Waals surface area contributed by atoms with Gasteiger partial charge in [0.25, 0.3) is 5.91 Å². The van der Waals surface area contributed by atoms with Gasteiger partial charge in [0.2, 0.25) is 5.91 Å². The van der Waals surface area contributed by atoms with Gasteiger partial charge in [0.15, 0.2) is 0 Å². The smallest absolute Gasteiger partial charge is 0.254 e. The minimum Gasteiger partial charge on any atom is -0.508 e. The highest BCUT2D eigenvalue weighted by Crippen LogP contribution is 2.61. The van der Waals surface area contributed by atoms with Gasteiger partial charge >= 0.3 is 0 Å². The summed E-state index contributed by atoms with van der Waals surface area (Å²) in [5, 5.41) is 19.2. The van der Waals surface area contributed by atoms with Crippen molar-refractivity contribution >= 4 is 11.8 Å². The van der Waals surface area contributed by atoms with Crippen LogP contribution in [-0.2, 0) is 4.79 Å². The molecule has 1 heterocycles. The van der Waals surface area contributed by atoms with Crippen molar-refractivity contribution in [3.8, 4) is 11.5 Å². The fourth-order valence-corrected chi connectivity index (χ4v) is 7.00. The van der Waals surface area contributed by atoms with Gasteiger partial charge in [-0.3, -0.25) is 9.59 Å². The Morgan fingerprint density at radius 2 is 1.31 bits per heavy atom. The number of phenols is 2. The number of piperazine rings is 1. The summed E-state index contributed by atoms with van der Waals surface area (Å²) in [5.74, 6) is 2.33. The van der Waals surface area contributed by atoms with Crippen molar-refractivity contribution in [1.29, 1.82) is 0 Å². The van der Waals surface area contributed by atoms with E-state index in [0.29, 0.717) is 32.6 Å². The first kappa shape index (κ1) is 18.8. The zero-order chi connectivity index (χ0) is 20.2. The summed E-state index contributed by atoms with van der Waals surface area (Å²) in [6, 6.07) is 3.94. The summed E-state index contributed by atoms with van der Waals surface area (Å²) in [4.78, 5) is 29.4. The van der Waals surface area contributed by atoms with Crippen LogP contribution in [0.5, 0.6) is 11.5 Å². The molecule has 1 saturated heterocycles. The highest BCUT2D eigenvalue weighted by atomic mass is 16.3. The van der Waals surface area contributed by atoms with Crippen LogP contribution in [0.25, 0.3) is 0 Å². The molecule has 5 fully saturated rings. The summed E-state index contributed by atoms with van der Waals surface area (Å²) in [6.07, 6.45) is 8.57. The molecular formula is C23H30N2O4. The molecular weight excluding hydrogens is 368 g/mol. The minimum atomic E-state index is -0.218. The molecule has 6 rings (SSSR count). The number of phenolic OH excluding ortho intramolecular Hbond substituents is 2. The van der Waals surface area contributed by atoms with Crippen LogP contribution in [0.15, 0.2) is 18.2 Å². The van der Waals surface area contributed by atoms with E-state index in [9.17, 15) is 19.8 Å². The van der Waals surface area contributed by atoms with Gasteiger partial charge in [-0.25, -0.2) is 0 Å². The van der Waals surface area contributed by atoms with Gasteiger partial charge in [-0.2, -0.15) is 0 Å². The molecule has 0 atom stereocenters. The lowest BCUT2D eigenvalue weighted by Gasteiger charge is -2.57. The van der Waals surface area contributed by atoms with E-state index in [1.54, 1.807) is 4.90 Å². The highest BCUT2D eigenvalue weighted by Gasteiger charge is 2.51. The molecule has 29 heavy (non-hydrogen) atoms. The van der Waals surface area contributed by atoms with E-state index >= 15 is 0 Å². The maximum absolute atomic E-state index is 13.1. The van der Waals surface area contributed by atoms with Crippen molar-refractivity contribution in [3.05, 3.63) is 23.8 Å². The molecule has 6 heteroatoms. The Morgan fingerprint density at radius 3 is 1.83 bits per heavy atom. The van der Waals surface area contributed by atoms with Crippen molar-refractivity contribution in [2.75, 3.05) is 26.2 Å². The fraction of sp³-hybridized carbons (Fsp3) is 0.652. The number of rotatable bonds is 3. The Kier molecular flexibility index (Phi) is 4.48. The normalized spacial score (nSPS) is 33.2. The van der Waals surface area contributed by atoms with Crippen LogP contribution in [0.3, 0.4) is 0 Å². The molecule has 4 aliphatic carbocycles. The number of hydrogen-bond donors (Lipinski definition) is 2. The molecule has 1 aliphatic heterocycles. The van der Waals surface area contributed by atoms with E-state index < -0.39 is 0 Å². The number of amides is 2. The number of aromatic hydroxyl groups is 2. The van der Waals surface area contributed by atoms with E-state index in [2.05, 4.69) is 0 Å². The van der Waals surface area contributed by atoms with E-state index in [1.807, 2.05) is 4.90 Å². The number of carbonyl (C=O) groups is 2. The number of nitrogens with zero attached hydrogens (tertiary/aromatic N) is 2. The molecule has 4 bridgehead atoms. The highest BCUT2D eigenvalue weighted by molar-refractivity contribution is 5.95. The molecule has 0 unspecified atom stereocenters. The van der Waals surface area contributed by atoms with E-state index in [4.69, 9.17) is 0 Å². The van der Waals surface area contributed by atoms with Crippen molar-refractivity contribution in [2.24, 2.45) is 23.2 Å². The van der Waals surface area contributed by atoms with Crippen LogP contribution in [0.2, 0.25) is 0 Å². The Morgan fingerprint density at radius 1 is 0.828 bits per heavy atom. The molecule has 0 spiro atoms. The van der Waals surface area contributed by atoms with Gasteiger partial charge in [0.05, 0.1) is 0 Å². The predicted molar refractivity (Wildman–Crippen MR) is 107 cm³/mol. The lowest BCUT2D eigenvalue weighted by molar-refractivity contribution is -0.141. The third-order valence-electron chi connectivity index (χ3n) is 7.76. The van der Waals surface area contributed by atoms with Gasteiger partial charge in [0.1, 0.15) is 11.5 Å². The largest absolute Gasteiger partial charge is 0.508 e. The number of benzene rings is 1. The van der Waals surface area contributed by atoms with E-state index in [0.717, 1.165) is 17.8 Å². The third kappa shape index (κ3) is 3.58. The molecule has 6 nitrogen and oxygen atoms in total. The topological polar surface area (TPSA) is 81.1 Å². The molecule has 2 amide bonds. The standard InChI is InChI=1S/C23H30N2O4/c26-19-8-18(9-20(27)10-19)22(29)25-3-1-24(2-4-25)21(28)14-23-11-15-5-16(12-23)7-17(6-15)13-23/h8-10,15-17,26-27H,1-7,11-14H2. The third-order valence-corrected chi connectivity index (χ3v) is 7.76. The van der Waals surface area contributed by atoms with Crippen LogP contribution in [0.1, 0.15) is 55.3 Å². The average molecular weight is 399 g/mol. The van der Waals surface area contributed by atoms with E-state index in [1.165, 1.54) is 56.7 Å². The molecule has 1 aromatic carbocycles. The lowest BCUT2D eigenvalue weighted by Crippen LogP contribution is -2.53. The first-order valence-electron chi connectivity index (χ1n) is 11.0. The molecule has 4 saturated carbocycles. The van der Waals surface area contributed by atoms with Gasteiger partial charge in [-0.05, 0) is 73.8 Å². The second-order valence-corrected chi connectivity index (χ2v) is 10.0. The quantitative estimate of drug-likeness (QED) is 0.820. The molecule has 1 aromatic rings. The SMILES string of the molecule is O=C(CC12CC3CC(CC(C3)C1)C2)N1CCN(C(=O)c2cc(O)cc(O)c2)CC1. The molecule has 156 valence electrons. The zero-order valence-corrected chi connectivity index (χ0v) is 16.8. The second kappa shape index (κ2) is 6.92. The van der Waals surface area contributed by atoms with Crippen LogP contribution in [0.4, 0.5) is 0 Å². The zero-order valence-electron chi connectivity index (χ0n) is 16.8. The van der Waals surface area contributed by atoms with Crippen molar-refractivity contribution < 1.29 is 19.8 Å². The average Bonchev–Trinajstić information content (AvgIpc) is 2.65. The summed E-state index contributed by atoms with van der Waals surface area (Å²) < 4.78 is 0. The number of carbonyl (C=O) groups excluding carboxylic acids is 2. The molecule has 0 aromatic heterocycles. The monoisotopic (exact) mass is 398 g/mol. The van der Waals surface area contributed by atoms with Gasteiger partial charge < -0.3 is 20.0 Å².